The van der Waals surface area contributed by atoms with E-state index in [0.29, 0.717) is 12.2 Å². The summed E-state index contributed by atoms with van der Waals surface area (Å²) in [4.78, 5) is 2.33. The van der Waals surface area contributed by atoms with Crippen molar-refractivity contribution >= 4 is 5.69 Å². The van der Waals surface area contributed by atoms with Crippen molar-refractivity contribution in [3.8, 4) is 5.75 Å². The third-order valence-corrected chi connectivity index (χ3v) is 3.51. The second-order valence-corrected chi connectivity index (χ2v) is 4.78. The van der Waals surface area contributed by atoms with E-state index in [1.54, 1.807) is 6.07 Å². The smallest absolute Gasteiger partial charge is 0.119 e. The molecular weight excluding hydrogens is 240 g/mol. The first-order valence-corrected chi connectivity index (χ1v) is 6.59. The minimum absolute atomic E-state index is 0.336. The molecule has 2 aromatic rings. The second kappa shape index (κ2) is 5.32. The number of phenolic OH excluding ortho intramolecular Hbond substituents is 1. The molecule has 1 aromatic carbocycles. The van der Waals surface area contributed by atoms with Crippen LogP contribution >= 0.6 is 0 Å². The summed E-state index contributed by atoms with van der Waals surface area (Å²) in [6.45, 7) is 3.99. The van der Waals surface area contributed by atoms with Gasteiger partial charge in [-0.25, -0.2) is 0 Å². The van der Waals surface area contributed by atoms with E-state index < -0.39 is 0 Å². The van der Waals surface area contributed by atoms with E-state index in [0.717, 1.165) is 43.1 Å². The Labute approximate surface area is 112 Å². The topological polar surface area (TPSA) is 64.2 Å². The highest BCUT2D eigenvalue weighted by atomic mass is 16.3. The summed E-state index contributed by atoms with van der Waals surface area (Å²) in [5.41, 5.74) is 3.12. The number of H-pyrrole nitrogens is 1. The van der Waals surface area contributed by atoms with Gasteiger partial charge < -0.3 is 15.3 Å². The number of benzene rings is 1. The van der Waals surface area contributed by atoms with E-state index in [2.05, 4.69) is 20.4 Å². The molecule has 0 aliphatic carbocycles. The average molecular weight is 258 g/mol. The molecule has 5 heteroatoms. The average Bonchev–Trinajstić information content (AvgIpc) is 2.91. The molecule has 1 aliphatic heterocycles. The molecule has 0 bridgehead atoms. The van der Waals surface area contributed by atoms with Crippen LogP contribution in [0.15, 0.2) is 30.5 Å². The van der Waals surface area contributed by atoms with E-state index in [1.807, 2.05) is 24.4 Å². The predicted molar refractivity (Wildman–Crippen MR) is 74.6 cm³/mol. The molecule has 0 atom stereocenters. The van der Waals surface area contributed by atoms with Crippen LogP contribution in [0.5, 0.6) is 5.75 Å². The molecule has 1 fully saturated rings. The Morgan fingerprint density at radius 3 is 2.79 bits per heavy atom. The van der Waals surface area contributed by atoms with Crippen molar-refractivity contribution in [2.75, 3.05) is 31.1 Å². The third kappa shape index (κ3) is 2.56. The maximum atomic E-state index is 9.85. The standard InChI is InChI=1S/C14H18N4O/c19-14-4-2-1-3-11(14)9-12-13(10-16-17-12)18-7-5-15-6-8-18/h1-4,10,15,19H,5-9H2,(H,16,17). The van der Waals surface area contributed by atoms with E-state index >= 15 is 0 Å². The molecule has 0 unspecified atom stereocenters. The maximum Gasteiger partial charge on any atom is 0.119 e. The number of aromatic hydroxyl groups is 1. The summed E-state index contributed by atoms with van der Waals surface area (Å²) < 4.78 is 0. The summed E-state index contributed by atoms with van der Waals surface area (Å²) in [6, 6.07) is 7.44. The molecule has 3 N–H and O–H groups in total. The zero-order chi connectivity index (χ0) is 13.1. The first kappa shape index (κ1) is 12.0. The number of nitrogens with zero attached hydrogens (tertiary/aromatic N) is 2. The molecule has 100 valence electrons. The summed E-state index contributed by atoms with van der Waals surface area (Å²) >= 11 is 0. The molecule has 19 heavy (non-hydrogen) atoms. The SMILES string of the molecule is Oc1ccccc1Cc1[nH]ncc1N1CCNCC1. The van der Waals surface area contributed by atoms with Crippen LogP contribution in [0.3, 0.4) is 0 Å². The predicted octanol–water partition coefficient (Wildman–Crippen LogP) is 1.12. The van der Waals surface area contributed by atoms with Gasteiger partial charge in [0.15, 0.2) is 0 Å². The first-order valence-electron chi connectivity index (χ1n) is 6.59. The van der Waals surface area contributed by atoms with E-state index in [4.69, 9.17) is 0 Å². The van der Waals surface area contributed by atoms with E-state index in [9.17, 15) is 5.11 Å². The summed E-state index contributed by atoms with van der Waals surface area (Å²) in [5.74, 6) is 0.336. The van der Waals surface area contributed by atoms with Crippen LogP contribution in [0.1, 0.15) is 11.3 Å². The number of aromatic nitrogens is 2. The fourth-order valence-corrected chi connectivity index (χ4v) is 2.47. The van der Waals surface area contributed by atoms with Gasteiger partial charge in [0.1, 0.15) is 5.75 Å². The number of rotatable bonds is 3. The Kier molecular flexibility index (Phi) is 3.37. The Balaban J connectivity index is 1.82. The van der Waals surface area contributed by atoms with Gasteiger partial charge in [-0.15, -0.1) is 0 Å². The molecule has 5 nitrogen and oxygen atoms in total. The number of piperazine rings is 1. The highest BCUT2D eigenvalue weighted by Gasteiger charge is 2.16. The van der Waals surface area contributed by atoms with Crippen molar-refractivity contribution in [3.63, 3.8) is 0 Å². The number of aromatic amines is 1. The molecule has 1 saturated heterocycles. The molecule has 0 amide bonds. The quantitative estimate of drug-likeness (QED) is 0.772. The summed E-state index contributed by atoms with van der Waals surface area (Å²) in [7, 11) is 0. The first-order chi connectivity index (χ1) is 9.34. The van der Waals surface area contributed by atoms with E-state index in [1.165, 1.54) is 0 Å². The van der Waals surface area contributed by atoms with Gasteiger partial charge in [0.05, 0.1) is 17.6 Å². The monoisotopic (exact) mass is 258 g/mol. The van der Waals surface area contributed by atoms with E-state index in [-0.39, 0.29) is 0 Å². The molecule has 1 aliphatic rings. The molecular formula is C14H18N4O. The minimum atomic E-state index is 0.336. The van der Waals surface area contributed by atoms with Gasteiger partial charge >= 0.3 is 0 Å². The van der Waals surface area contributed by atoms with Crippen molar-refractivity contribution in [2.45, 2.75) is 6.42 Å². The van der Waals surface area contributed by atoms with Gasteiger partial charge in [0, 0.05) is 32.6 Å². The number of para-hydroxylation sites is 1. The zero-order valence-corrected chi connectivity index (χ0v) is 10.8. The number of hydrogen-bond donors (Lipinski definition) is 3. The lowest BCUT2D eigenvalue weighted by Gasteiger charge is -2.29. The zero-order valence-electron chi connectivity index (χ0n) is 10.8. The van der Waals surface area contributed by atoms with Crippen LogP contribution in [0, 0.1) is 0 Å². The fourth-order valence-electron chi connectivity index (χ4n) is 2.47. The molecule has 0 spiro atoms. The molecule has 0 saturated carbocycles. The van der Waals surface area contributed by atoms with Crippen molar-refractivity contribution in [2.24, 2.45) is 0 Å². The van der Waals surface area contributed by atoms with Gasteiger partial charge in [0.25, 0.3) is 0 Å². The number of phenols is 1. The van der Waals surface area contributed by atoms with Gasteiger partial charge in [-0.1, -0.05) is 18.2 Å². The van der Waals surface area contributed by atoms with Crippen LogP contribution in [0.2, 0.25) is 0 Å². The van der Waals surface area contributed by atoms with Crippen LogP contribution in [-0.4, -0.2) is 41.5 Å². The van der Waals surface area contributed by atoms with Crippen molar-refractivity contribution in [1.82, 2.24) is 15.5 Å². The van der Waals surface area contributed by atoms with Gasteiger partial charge in [-0.2, -0.15) is 5.10 Å². The Morgan fingerprint density at radius 1 is 1.21 bits per heavy atom. The minimum Gasteiger partial charge on any atom is -0.508 e. The lowest BCUT2D eigenvalue weighted by Crippen LogP contribution is -2.43. The molecule has 1 aromatic heterocycles. The Bertz CT molecular complexity index is 546. The molecule has 0 radical (unpaired) electrons. The Morgan fingerprint density at radius 2 is 2.00 bits per heavy atom. The van der Waals surface area contributed by atoms with Gasteiger partial charge in [-0.3, -0.25) is 5.10 Å². The maximum absolute atomic E-state index is 9.85. The van der Waals surface area contributed by atoms with Crippen molar-refractivity contribution in [1.29, 1.82) is 0 Å². The lowest BCUT2D eigenvalue weighted by atomic mass is 10.1. The third-order valence-electron chi connectivity index (χ3n) is 3.51. The second-order valence-electron chi connectivity index (χ2n) is 4.78. The van der Waals surface area contributed by atoms with Crippen LogP contribution in [0.4, 0.5) is 5.69 Å². The number of hydrogen-bond acceptors (Lipinski definition) is 4. The molecule has 2 heterocycles. The van der Waals surface area contributed by atoms with Crippen LogP contribution in [-0.2, 0) is 6.42 Å². The van der Waals surface area contributed by atoms with Crippen LogP contribution < -0.4 is 10.2 Å². The molecule has 3 rings (SSSR count). The number of nitrogens with one attached hydrogen (secondary N) is 2. The number of anilines is 1. The fraction of sp³-hybridized carbons (Fsp3) is 0.357. The Hall–Kier alpha value is -2.01. The van der Waals surface area contributed by atoms with Gasteiger partial charge in [-0.05, 0) is 11.6 Å². The largest absolute Gasteiger partial charge is 0.508 e. The van der Waals surface area contributed by atoms with Crippen molar-refractivity contribution in [3.05, 3.63) is 41.7 Å². The normalized spacial score (nSPS) is 15.7. The summed E-state index contributed by atoms with van der Waals surface area (Å²) in [5, 5.41) is 20.4. The van der Waals surface area contributed by atoms with Crippen LogP contribution in [0.25, 0.3) is 0 Å². The lowest BCUT2D eigenvalue weighted by molar-refractivity contribution is 0.469. The highest BCUT2D eigenvalue weighted by molar-refractivity contribution is 5.52. The highest BCUT2D eigenvalue weighted by Crippen LogP contribution is 2.25. The van der Waals surface area contributed by atoms with Gasteiger partial charge in [0.2, 0.25) is 0 Å². The van der Waals surface area contributed by atoms with Crippen molar-refractivity contribution < 1.29 is 5.11 Å². The summed E-state index contributed by atoms with van der Waals surface area (Å²) in [6.07, 6.45) is 2.55.